The highest BCUT2D eigenvalue weighted by Gasteiger charge is 2.58. The number of carbonyl (C=O) groups is 1. The number of ether oxygens (including phenoxy) is 1. The predicted molar refractivity (Wildman–Crippen MR) is 59.4 cm³/mol. The Morgan fingerprint density at radius 1 is 1.40 bits per heavy atom. The van der Waals surface area contributed by atoms with E-state index in [1.807, 2.05) is 0 Å². The summed E-state index contributed by atoms with van der Waals surface area (Å²) < 4.78 is 5.66. The zero-order valence-electron chi connectivity index (χ0n) is 9.93. The van der Waals surface area contributed by atoms with Crippen LogP contribution in [0.3, 0.4) is 0 Å². The van der Waals surface area contributed by atoms with Crippen LogP contribution >= 0.6 is 0 Å². The van der Waals surface area contributed by atoms with Crippen LogP contribution < -0.4 is 0 Å². The van der Waals surface area contributed by atoms with Crippen LogP contribution in [0.1, 0.15) is 46.5 Å². The zero-order chi connectivity index (χ0) is 11.3. The number of hydrogen-bond acceptors (Lipinski definition) is 2. The van der Waals surface area contributed by atoms with E-state index in [0.29, 0.717) is 5.57 Å². The second-order valence-corrected chi connectivity index (χ2v) is 5.77. The lowest BCUT2D eigenvalue weighted by molar-refractivity contribution is -0.166. The van der Waals surface area contributed by atoms with E-state index in [1.54, 1.807) is 6.92 Å². The molecule has 0 radical (unpaired) electrons. The summed E-state index contributed by atoms with van der Waals surface area (Å²) in [5.41, 5.74) is 0.442. The molecule has 15 heavy (non-hydrogen) atoms. The molecule has 2 aliphatic rings. The Morgan fingerprint density at radius 3 is 2.47 bits per heavy atom. The van der Waals surface area contributed by atoms with E-state index in [0.717, 1.165) is 12.3 Å². The molecule has 2 nitrogen and oxygen atoms in total. The predicted octanol–water partition coefficient (Wildman–Crippen LogP) is 3.07. The number of fused-ring (bicyclic) bond motifs is 2. The quantitative estimate of drug-likeness (QED) is 0.515. The van der Waals surface area contributed by atoms with Crippen molar-refractivity contribution in [3.8, 4) is 0 Å². The third kappa shape index (κ3) is 1.51. The topological polar surface area (TPSA) is 26.3 Å². The average Bonchev–Trinajstić information content (AvgIpc) is 2.57. The van der Waals surface area contributed by atoms with Crippen LogP contribution in [0.15, 0.2) is 12.2 Å². The molecule has 2 fully saturated rings. The largest absolute Gasteiger partial charge is 0.455 e. The molecule has 0 aliphatic heterocycles. The van der Waals surface area contributed by atoms with Crippen LogP contribution in [0.2, 0.25) is 0 Å². The normalized spacial score (nSPS) is 43.0. The molecule has 84 valence electrons. The number of rotatable bonds is 2. The van der Waals surface area contributed by atoms with Crippen molar-refractivity contribution in [2.75, 3.05) is 0 Å². The Morgan fingerprint density at radius 2 is 2.07 bits per heavy atom. The second kappa shape index (κ2) is 3.10. The van der Waals surface area contributed by atoms with E-state index >= 15 is 0 Å². The number of esters is 1. The Bertz CT molecular complexity index is 320. The van der Waals surface area contributed by atoms with Crippen LogP contribution in [-0.4, -0.2) is 11.6 Å². The zero-order valence-corrected chi connectivity index (χ0v) is 9.93. The van der Waals surface area contributed by atoms with Gasteiger partial charge in [0.25, 0.3) is 0 Å². The minimum Gasteiger partial charge on any atom is -0.455 e. The molecule has 0 spiro atoms. The van der Waals surface area contributed by atoms with E-state index in [2.05, 4.69) is 20.4 Å². The molecule has 0 N–H and O–H groups in total. The van der Waals surface area contributed by atoms with Crippen LogP contribution in [0.25, 0.3) is 0 Å². The van der Waals surface area contributed by atoms with Gasteiger partial charge in [0, 0.05) is 11.0 Å². The van der Waals surface area contributed by atoms with Crippen molar-refractivity contribution >= 4 is 5.97 Å². The van der Waals surface area contributed by atoms with Gasteiger partial charge in [-0.05, 0) is 45.4 Å². The average molecular weight is 208 g/mol. The monoisotopic (exact) mass is 208 g/mol. The van der Waals surface area contributed by atoms with Crippen LogP contribution in [0, 0.1) is 11.3 Å². The standard InChI is InChI=1S/C13H20O2/c1-9(2)11(14)15-13(4)8-10-5-6-12(13,3)7-10/h10H,1,5-8H2,2-4H3. The molecule has 0 amide bonds. The molecule has 0 saturated heterocycles. The van der Waals surface area contributed by atoms with Gasteiger partial charge < -0.3 is 4.74 Å². The van der Waals surface area contributed by atoms with Crippen molar-refractivity contribution in [2.45, 2.75) is 52.1 Å². The van der Waals surface area contributed by atoms with E-state index in [9.17, 15) is 4.79 Å². The molecule has 0 heterocycles. The lowest BCUT2D eigenvalue weighted by Gasteiger charge is -2.41. The van der Waals surface area contributed by atoms with Gasteiger partial charge in [-0.25, -0.2) is 4.79 Å². The lowest BCUT2D eigenvalue weighted by Crippen LogP contribution is -2.44. The van der Waals surface area contributed by atoms with Gasteiger partial charge >= 0.3 is 5.97 Å². The maximum Gasteiger partial charge on any atom is 0.333 e. The lowest BCUT2D eigenvalue weighted by atomic mass is 9.74. The molecule has 3 unspecified atom stereocenters. The first kappa shape index (κ1) is 10.7. The van der Waals surface area contributed by atoms with Gasteiger partial charge in [0.15, 0.2) is 0 Å². The van der Waals surface area contributed by atoms with Crippen molar-refractivity contribution < 1.29 is 9.53 Å². The summed E-state index contributed by atoms with van der Waals surface area (Å²) in [6.45, 7) is 9.69. The van der Waals surface area contributed by atoms with Crippen LogP contribution in [-0.2, 0) is 9.53 Å². The van der Waals surface area contributed by atoms with Crippen molar-refractivity contribution in [1.82, 2.24) is 0 Å². The third-order valence-electron chi connectivity index (χ3n) is 4.46. The van der Waals surface area contributed by atoms with Crippen LogP contribution in [0.4, 0.5) is 0 Å². The molecular formula is C13H20O2. The van der Waals surface area contributed by atoms with Crippen molar-refractivity contribution in [3.05, 3.63) is 12.2 Å². The molecule has 3 atom stereocenters. The first-order valence-corrected chi connectivity index (χ1v) is 5.75. The molecule has 0 aromatic rings. The summed E-state index contributed by atoms with van der Waals surface area (Å²) in [5.74, 6) is 0.532. The highest BCUT2D eigenvalue weighted by molar-refractivity contribution is 5.87. The Hall–Kier alpha value is -0.790. The fourth-order valence-electron chi connectivity index (χ4n) is 3.27. The third-order valence-corrected chi connectivity index (χ3v) is 4.46. The van der Waals surface area contributed by atoms with Crippen molar-refractivity contribution in [2.24, 2.45) is 11.3 Å². The fourth-order valence-corrected chi connectivity index (χ4v) is 3.27. The van der Waals surface area contributed by atoms with Crippen molar-refractivity contribution in [3.63, 3.8) is 0 Å². The summed E-state index contributed by atoms with van der Waals surface area (Å²) in [6.07, 6.45) is 4.74. The van der Waals surface area contributed by atoms with Gasteiger partial charge in [0.05, 0.1) is 0 Å². The smallest absolute Gasteiger partial charge is 0.333 e. The van der Waals surface area contributed by atoms with E-state index in [4.69, 9.17) is 4.74 Å². The Balaban J connectivity index is 2.15. The maximum atomic E-state index is 11.6. The molecule has 2 heteroatoms. The van der Waals surface area contributed by atoms with E-state index in [1.165, 1.54) is 19.3 Å². The highest BCUT2D eigenvalue weighted by Crippen LogP contribution is 2.60. The van der Waals surface area contributed by atoms with Gasteiger partial charge in [0.1, 0.15) is 5.60 Å². The molecule has 2 bridgehead atoms. The first-order valence-electron chi connectivity index (χ1n) is 5.75. The van der Waals surface area contributed by atoms with E-state index < -0.39 is 0 Å². The second-order valence-electron chi connectivity index (χ2n) is 5.77. The summed E-state index contributed by atoms with van der Waals surface area (Å²) in [7, 11) is 0. The van der Waals surface area contributed by atoms with Gasteiger partial charge in [0.2, 0.25) is 0 Å². The molecule has 2 saturated carbocycles. The summed E-state index contributed by atoms with van der Waals surface area (Å²) in [6, 6.07) is 0. The van der Waals surface area contributed by atoms with E-state index in [-0.39, 0.29) is 17.0 Å². The molecule has 2 rings (SSSR count). The molecule has 0 aromatic carbocycles. The Labute approximate surface area is 91.7 Å². The molecule has 2 aliphatic carbocycles. The maximum absolute atomic E-state index is 11.6. The minimum atomic E-state index is -0.258. The summed E-state index contributed by atoms with van der Waals surface area (Å²) in [4.78, 5) is 11.6. The minimum absolute atomic E-state index is 0.197. The summed E-state index contributed by atoms with van der Waals surface area (Å²) >= 11 is 0. The number of carbonyl (C=O) groups excluding carboxylic acids is 1. The van der Waals surface area contributed by atoms with Gasteiger partial charge in [-0.3, -0.25) is 0 Å². The van der Waals surface area contributed by atoms with Crippen molar-refractivity contribution in [1.29, 1.82) is 0 Å². The van der Waals surface area contributed by atoms with Gasteiger partial charge in [-0.15, -0.1) is 0 Å². The molecular weight excluding hydrogens is 188 g/mol. The van der Waals surface area contributed by atoms with Crippen LogP contribution in [0.5, 0.6) is 0 Å². The molecule has 0 aromatic heterocycles. The highest BCUT2D eigenvalue weighted by atomic mass is 16.6. The Kier molecular flexibility index (Phi) is 2.21. The fraction of sp³-hybridized carbons (Fsp3) is 0.769. The van der Waals surface area contributed by atoms with Gasteiger partial charge in [-0.1, -0.05) is 13.5 Å². The SMILES string of the molecule is C=C(C)C(=O)OC1(C)CC2CCC1(C)C2. The first-order chi connectivity index (χ1) is 6.86. The number of hydrogen-bond donors (Lipinski definition) is 0. The summed E-state index contributed by atoms with van der Waals surface area (Å²) in [5, 5.41) is 0. The van der Waals surface area contributed by atoms with Gasteiger partial charge in [-0.2, -0.15) is 0 Å².